The first-order valence-electron chi connectivity index (χ1n) is 9.62. The third kappa shape index (κ3) is 2.97. The van der Waals surface area contributed by atoms with Crippen molar-refractivity contribution in [2.45, 2.75) is 38.0 Å². The molecule has 3 aliphatic rings. The van der Waals surface area contributed by atoms with Crippen LogP contribution in [-0.2, 0) is 16.1 Å². The van der Waals surface area contributed by atoms with Crippen molar-refractivity contribution in [3.05, 3.63) is 60.2 Å². The summed E-state index contributed by atoms with van der Waals surface area (Å²) in [6, 6.07) is 17.2. The van der Waals surface area contributed by atoms with Crippen molar-refractivity contribution in [2.24, 2.45) is 5.92 Å². The Morgan fingerprint density at radius 1 is 1.04 bits per heavy atom. The fourth-order valence-corrected chi connectivity index (χ4v) is 4.11. The summed E-state index contributed by atoms with van der Waals surface area (Å²) in [5, 5.41) is 0. The van der Waals surface area contributed by atoms with Crippen LogP contribution in [0.2, 0.25) is 0 Å². The summed E-state index contributed by atoms with van der Waals surface area (Å²) < 4.78 is 6.24. The first-order valence-corrected chi connectivity index (χ1v) is 9.62. The normalized spacial score (nSPS) is 24.1. The van der Waals surface area contributed by atoms with Crippen LogP contribution in [0.5, 0.6) is 5.75 Å². The van der Waals surface area contributed by atoms with E-state index in [9.17, 15) is 9.59 Å². The number of amides is 2. The van der Waals surface area contributed by atoms with Crippen molar-refractivity contribution < 1.29 is 14.3 Å². The molecule has 0 unspecified atom stereocenters. The summed E-state index contributed by atoms with van der Waals surface area (Å²) in [6.45, 7) is 0.964. The van der Waals surface area contributed by atoms with E-state index in [1.807, 2.05) is 54.6 Å². The number of hydrogen-bond acceptors (Lipinski definition) is 3. The van der Waals surface area contributed by atoms with Crippen LogP contribution >= 0.6 is 0 Å². The van der Waals surface area contributed by atoms with Crippen LogP contribution in [0.15, 0.2) is 54.6 Å². The fourth-order valence-electron chi connectivity index (χ4n) is 4.11. The molecule has 1 saturated carbocycles. The number of nitrogens with zero attached hydrogens (tertiary/aromatic N) is 2. The molecule has 2 heterocycles. The minimum absolute atomic E-state index is 0.00824. The Kier molecular flexibility index (Phi) is 3.88. The van der Waals surface area contributed by atoms with Gasteiger partial charge in [-0.1, -0.05) is 42.5 Å². The second-order valence-electron chi connectivity index (χ2n) is 7.63. The molecule has 1 saturated heterocycles. The van der Waals surface area contributed by atoms with Gasteiger partial charge in [0.15, 0.2) is 0 Å². The first-order chi connectivity index (χ1) is 13.2. The molecule has 0 radical (unpaired) electrons. The minimum Gasteiger partial charge on any atom is -0.486 e. The molecule has 27 heavy (non-hydrogen) atoms. The van der Waals surface area contributed by atoms with Gasteiger partial charge in [0.25, 0.3) is 0 Å². The highest BCUT2D eigenvalue weighted by molar-refractivity contribution is 6.01. The molecule has 5 rings (SSSR count). The number of carbonyl (C=O) groups is 2. The second-order valence-corrected chi connectivity index (χ2v) is 7.63. The van der Waals surface area contributed by atoms with E-state index in [-0.39, 0.29) is 23.8 Å². The van der Waals surface area contributed by atoms with Crippen LogP contribution in [0, 0.1) is 5.92 Å². The molecule has 2 fully saturated rings. The zero-order valence-electron chi connectivity index (χ0n) is 15.1. The summed E-state index contributed by atoms with van der Waals surface area (Å²) in [6.07, 6.45) is 2.32. The smallest absolute Gasteiger partial charge is 0.250 e. The molecule has 2 aromatic carbocycles. The lowest BCUT2D eigenvalue weighted by molar-refractivity contribution is -0.138. The molecular weight excluding hydrogens is 340 g/mol. The number of hydrogen-bond donors (Lipinski definition) is 0. The molecule has 2 amide bonds. The van der Waals surface area contributed by atoms with Gasteiger partial charge in [-0.2, -0.15) is 0 Å². The Labute approximate surface area is 158 Å². The van der Waals surface area contributed by atoms with Gasteiger partial charge in [0.1, 0.15) is 17.9 Å². The van der Waals surface area contributed by atoms with Gasteiger partial charge in [-0.05, 0) is 30.5 Å². The molecule has 2 aliphatic heterocycles. The van der Waals surface area contributed by atoms with Crippen molar-refractivity contribution in [1.82, 2.24) is 4.90 Å². The number of likely N-dealkylation sites (tertiary alicyclic amines) is 1. The topological polar surface area (TPSA) is 49.9 Å². The van der Waals surface area contributed by atoms with Crippen molar-refractivity contribution in [1.29, 1.82) is 0 Å². The van der Waals surface area contributed by atoms with Crippen molar-refractivity contribution in [3.8, 4) is 5.75 Å². The highest BCUT2D eigenvalue weighted by Gasteiger charge is 2.47. The third-order valence-corrected chi connectivity index (χ3v) is 5.66. The van der Waals surface area contributed by atoms with Crippen LogP contribution in [-0.4, -0.2) is 35.4 Å². The molecule has 2 aromatic rings. The van der Waals surface area contributed by atoms with E-state index in [0.29, 0.717) is 25.3 Å². The molecule has 0 spiro atoms. The predicted molar refractivity (Wildman–Crippen MR) is 101 cm³/mol. The zero-order valence-corrected chi connectivity index (χ0v) is 15.1. The van der Waals surface area contributed by atoms with E-state index in [1.54, 1.807) is 9.80 Å². The Morgan fingerprint density at radius 2 is 1.78 bits per heavy atom. The van der Waals surface area contributed by atoms with Crippen molar-refractivity contribution >= 4 is 17.5 Å². The zero-order chi connectivity index (χ0) is 18.4. The van der Waals surface area contributed by atoms with Gasteiger partial charge in [-0.15, -0.1) is 0 Å². The van der Waals surface area contributed by atoms with Gasteiger partial charge in [0.2, 0.25) is 11.8 Å². The molecule has 0 N–H and O–H groups in total. The van der Waals surface area contributed by atoms with E-state index in [1.165, 1.54) is 0 Å². The molecule has 1 aliphatic carbocycles. The summed E-state index contributed by atoms with van der Waals surface area (Å²) in [5.41, 5.74) is 1.83. The molecule has 0 aromatic heterocycles. The molecule has 138 valence electrons. The first kappa shape index (κ1) is 16.4. The summed E-state index contributed by atoms with van der Waals surface area (Å²) in [5.74, 6) is 0.923. The van der Waals surface area contributed by atoms with Crippen LogP contribution < -0.4 is 9.64 Å². The summed E-state index contributed by atoms with van der Waals surface area (Å²) in [7, 11) is 0. The second kappa shape index (κ2) is 6.41. The quantitative estimate of drug-likeness (QED) is 0.843. The van der Waals surface area contributed by atoms with Crippen molar-refractivity contribution in [2.75, 3.05) is 11.4 Å². The average molecular weight is 362 g/mol. The summed E-state index contributed by atoms with van der Waals surface area (Å²) in [4.78, 5) is 29.9. The van der Waals surface area contributed by atoms with E-state index in [0.717, 1.165) is 24.1 Å². The molecule has 5 nitrogen and oxygen atoms in total. The van der Waals surface area contributed by atoms with Gasteiger partial charge >= 0.3 is 0 Å². The van der Waals surface area contributed by atoms with E-state index in [4.69, 9.17) is 4.74 Å². The number of fused-ring (bicyclic) bond motifs is 3. The predicted octanol–water partition coefficient (Wildman–Crippen LogP) is 2.99. The monoisotopic (exact) mass is 362 g/mol. The van der Waals surface area contributed by atoms with Crippen LogP contribution in [0.25, 0.3) is 0 Å². The van der Waals surface area contributed by atoms with Gasteiger partial charge in [0, 0.05) is 12.3 Å². The fraction of sp³-hybridized carbons (Fsp3) is 0.364. The van der Waals surface area contributed by atoms with Gasteiger partial charge < -0.3 is 14.5 Å². The molecule has 2 atom stereocenters. The Morgan fingerprint density at radius 3 is 2.56 bits per heavy atom. The maximum absolute atomic E-state index is 13.6. The number of carbonyl (C=O) groups excluding carboxylic acids is 2. The van der Waals surface area contributed by atoms with Gasteiger partial charge in [-0.25, -0.2) is 0 Å². The highest BCUT2D eigenvalue weighted by atomic mass is 16.5. The van der Waals surface area contributed by atoms with Crippen molar-refractivity contribution in [3.63, 3.8) is 0 Å². The minimum atomic E-state index is -0.430. The number of benzene rings is 2. The Balaban J connectivity index is 1.53. The largest absolute Gasteiger partial charge is 0.486 e. The Hall–Kier alpha value is -2.82. The maximum atomic E-state index is 13.6. The number of ether oxygens (including phenoxy) is 1. The van der Waals surface area contributed by atoms with Crippen LogP contribution in [0.1, 0.15) is 24.8 Å². The van der Waals surface area contributed by atoms with E-state index in [2.05, 4.69) is 0 Å². The highest BCUT2D eigenvalue weighted by Crippen LogP contribution is 2.39. The van der Waals surface area contributed by atoms with E-state index >= 15 is 0 Å². The van der Waals surface area contributed by atoms with E-state index < -0.39 is 6.04 Å². The lowest BCUT2D eigenvalue weighted by Crippen LogP contribution is -2.48. The van der Waals surface area contributed by atoms with Gasteiger partial charge in [0.05, 0.1) is 18.8 Å². The third-order valence-electron chi connectivity index (χ3n) is 5.66. The van der Waals surface area contributed by atoms with Gasteiger partial charge in [-0.3, -0.25) is 9.59 Å². The number of anilines is 1. The molecular formula is C22H22N2O3. The lowest BCUT2D eigenvalue weighted by Gasteiger charge is -2.32. The summed E-state index contributed by atoms with van der Waals surface area (Å²) >= 11 is 0. The average Bonchev–Trinajstić information content (AvgIpc) is 3.46. The standard InChI is InChI=1S/C22H22N2O3/c25-21(16-10-11-16)24-14-17-12-19(24)22(26)23(13-15-6-2-1-3-7-15)18-8-4-5-9-20(18)27-17/h1-9,16-17,19H,10-14H2/t17-,19-/m0/s1. The van der Waals surface area contributed by atoms with Crippen LogP contribution in [0.3, 0.4) is 0 Å². The Bertz CT molecular complexity index is 878. The number of rotatable bonds is 3. The van der Waals surface area contributed by atoms with Crippen LogP contribution in [0.4, 0.5) is 5.69 Å². The number of para-hydroxylation sites is 2. The molecule has 5 heteroatoms. The lowest BCUT2D eigenvalue weighted by atomic mass is 10.1. The maximum Gasteiger partial charge on any atom is 0.250 e. The molecule has 2 bridgehead atoms. The SMILES string of the molecule is O=C1[C@@H]2C[C@@H](CN2C(=O)C2CC2)Oc2ccccc2N1Cc1ccccc1.